The van der Waals surface area contributed by atoms with Crippen molar-refractivity contribution in [1.82, 2.24) is 0 Å². The normalized spacial score (nSPS) is 12.7. The summed E-state index contributed by atoms with van der Waals surface area (Å²) in [6, 6.07) is -0.242. The van der Waals surface area contributed by atoms with Crippen LogP contribution in [0.4, 0.5) is 0 Å². The van der Waals surface area contributed by atoms with Gasteiger partial charge in [0, 0.05) is 12.5 Å². The second-order valence-electron chi connectivity index (χ2n) is 1.97. The molecule has 0 radical (unpaired) electrons. The van der Waals surface area contributed by atoms with Gasteiger partial charge in [-0.2, -0.15) is 0 Å². The highest BCUT2D eigenvalue weighted by Crippen LogP contribution is 1.87. The van der Waals surface area contributed by atoms with Crippen LogP contribution < -0.4 is 5.73 Å². The van der Waals surface area contributed by atoms with E-state index in [1.165, 1.54) is 0 Å². The molecule has 0 bridgehead atoms. The minimum atomic E-state index is -1.19. The standard InChI is InChI=1S/C5H10N2O2/c1-3(6)2-4(7)5(8)9/h3,7H,2,6H2,1H3,(H,8,9)/t3-/m1/s1. The molecule has 4 nitrogen and oxygen atoms in total. The van der Waals surface area contributed by atoms with Crippen LogP contribution >= 0.6 is 0 Å². The van der Waals surface area contributed by atoms with E-state index in [1.54, 1.807) is 6.92 Å². The van der Waals surface area contributed by atoms with Gasteiger partial charge in [-0.1, -0.05) is 0 Å². The largest absolute Gasteiger partial charge is 0.477 e. The molecule has 0 aliphatic rings. The lowest BCUT2D eigenvalue weighted by atomic mass is 10.2. The van der Waals surface area contributed by atoms with Crippen LogP contribution in [0.25, 0.3) is 0 Å². The highest BCUT2D eigenvalue weighted by Gasteiger charge is 2.07. The van der Waals surface area contributed by atoms with Crippen molar-refractivity contribution in [2.24, 2.45) is 5.73 Å². The molecular weight excluding hydrogens is 120 g/mol. The smallest absolute Gasteiger partial charge is 0.349 e. The maximum absolute atomic E-state index is 9.95. The Labute approximate surface area is 53.2 Å². The van der Waals surface area contributed by atoms with E-state index in [2.05, 4.69) is 0 Å². The fourth-order valence-electron chi connectivity index (χ4n) is 0.409. The van der Waals surface area contributed by atoms with E-state index in [0.717, 1.165) is 0 Å². The fraction of sp³-hybridized carbons (Fsp3) is 0.600. The van der Waals surface area contributed by atoms with Crippen LogP contribution in [0.5, 0.6) is 0 Å². The van der Waals surface area contributed by atoms with Crippen molar-refractivity contribution in [3.63, 3.8) is 0 Å². The topological polar surface area (TPSA) is 87.2 Å². The van der Waals surface area contributed by atoms with Crippen molar-refractivity contribution in [1.29, 1.82) is 5.41 Å². The SMILES string of the molecule is C[C@@H](N)CC(=N)C(=O)O. The molecule has 4 heteroatoms. The first-order chi connectivity index (χ1) is 4.04. The maximum Gasteiger partial charge on any atom is 0.349 e. The molecule has 0 aliphatic heterocycles. The lowest BCUT2D eigenvalue weighted by molar-refractivity contribution is -0.129. The molecule has 0 fully saturated rings. The van der Waals surface area contributed by atoms with E-state index in [9.17, 15) is 4.79 Å². The second kappa shape index (κ2) is 3.19. The van der Waals surface area contributed by atoms with E-state index in [4.69, 9.17) is 16.2 Å². The first kappa shape index (κ1) is 8.10. The zero-order valence-electron chi connectivity index (χ0n) is 5.22. The molecule has 0 amide bonds. The van der Waals surface area contributed by atoms with Gasteiger partial charge in [-0.15, -0.1) is 0 Å². The third-order valence-corrected chi connectivity index (χ3v) is 0.784. The average Bonchev–Trinajstić information content (AvgIpc) is 1.63. The monoisotopic (exact) mass is 130 g/mol. The number of nitrogens with one attached hydrogen (secondary N) is 1. The second-order valence-corrected chi connectivity index (χ2v) is 1.97. The molecule has 0 aromatic rings. The molecule has 0 unspecified atom stereocenters. The average molecular weight is 130 g/mol. The predicted octanol–water partition coefficient (Wildman–Crippen LogP) is -0.172. The predicted molar refractivity (Wildman–Crippen MR) is 33.6 cm³/mol. The van der Waals surface area contributed by atoms with Crippen LogP contribution in [-0.2, 0) is 4.79 Å². The Kier molecular flexibility index (Phi) is 2.87. The zero-order valence-corrected chi connectivity index (χ0v) is 5.22. The van der Waals surface area contributed by atoms with E-state index in [0.29, 0.717) is 0 Å². The lowest BCUT2D eigenvalue weighted by Crippen LogP contribution is -2.23. The van der Waals surface area contributed by atoms with Crippen LogP contribution in [0.3, 0.4) is 0 Å². The van der Waals surface area contributed by atoms with Gasteiger partial charge in [-0.25, -0.2) is 4.79 Å². The first-order valence-electron chi connectivity index (χ1n) is 2.60. The summed E-state index contributed by atoms with van der Waals surface area (Å²) in [4.78, 5) is 9.95. The molecule has 0 rings (SSSR count). The van der Waals surface area contributed by atoms with Gasteiger partial charge in [-0.05, 0) is 6.92 Å². The highest BCUT2D eigenvalue weighted by atomic mass is 16.4. The minimum Gasteiger partial charge on any atom is -0.477 e. The molecule has 0 aromatic carbocycles. The Morgan fingerprint density at radius 2 is 2.33 bits per heavy atom. The lowest BCUT2D eigenvalue weighted by Gasteiger charge is -2.00. The van der Waals surface area contributed by atoms with Crippen molar-refractivity contribution in [2.75, 3.05) is 0 Å². The molecule has 4 N–H and O–H groups in total. The number of rotatable bonds is 3. The zero-order chi connectivity index (χ0) is 7.44. The first-order valence-corrected chi connectivity index (χ1v) is 2.60. The summed E-state index contributed by atoms with van der Waals surface area (Å²) in [7, 11) is 0. The summed E-state index contributed by atoms with van der Waals surface area (Å²) in [5, 5.41) is 14.9. The molecule has 52 valence electrons. The fourth-order valence-corrected chi connectivity index (χ4v) is 0.409. The van der Waals surface area contributed by atoms with Crippen LogP contribution in [0.1, 0.15) is 13.3 Å². The van der Waals surface area contributed by atoms with Crippen molar-refractivity contribution in [2.45, 2.75) is 19.4 Å². The van der Waals surface area contributed by atoms with Gasteiger partial charge >= 0.3 is 5.97 Å². The van der Waals surface area contributed by atoms with Crippen LogP contribution in [0.15, 0.2) is 0 Å². The highest BCUT2D eigenvalue weighted by molar-refractivity contribution is 6.34. The molecule has 0 aliphatic carbocycles. The van der Waals surface area contributed by atoms with Crippen molar-refractivity contribution < 1.29 is 9.90 Å². The Morgan fingerprint density at radius 3 is 2.44 bits per heavy atom. The Morgan fingerprint density at radius 1 is 1.89 bits per heavy atom. The molecule has 1 atom stereocenters. The van der Waals surface area contributed by atoms with Gasteiger partial charge in [0.2, 0.25) is 0 Å². The third-order valence-electron chi connectivity index (χ3n) is 0.784. The number of carboxylic acid groups (broad SMARTS) is 1. The number of carboxylic acids is 1. The van der Waals surface area contributed by atoms with Crippen LogP contribution in [-0.4, -0.2) is 22.8 Å². The number of hydrogen-bond acceptors (Lipinski definition) is 3. The quantitative estimate of drug-likeness (QED) is 0.463. The molecule has 0 saturated carbocycles. The number of aliphatic carboxylic acids is 1. The Bertz CT molecular complexity index is 131. The van der Waals surface area contributed by atoms with Gasteiger partial charge < -0.3 is 10.8 Å². The van der Waals surface area contributed by atoms with Crippen molar-refractivity contribution in [3.05, 3.63) is 0 Å². The van der Waals surface area contributed by atoms with Gasteiger partial charge in [0.1, 0.15) is 5.71 Å². The molecule has 0 aromatic heterocycles. The van der Waals surface area contributed by atoms with Gasteiger partial charge in [0.15, 0.2) is 0 Å². The number of nitrogens with two attached hydrogens (primary N) is 1. The van der Waals surface area contributed by atoms with Crippen molar-refractivity contribution in [3.8, 4) is 0 Å². The summed E-state index contributed by atoms with van der Waals surface area (Å²) >= 11 is 0. The van der Waals surface area contributed by atoms with Crippen LogP contribution in [0, 0.1) is 5.41 Å². The van der Waals surface area contributed by atoms with E-state index >= 15 is 0 Å². The van der Waals surface area contributed by atoms with Crippen LogP contribution in [0.2, 0.25) is 0 Å². The minimum absolute atomic E-state index is 0.134. The van der Waals surface area contributed by atoms with Crippen molar-refractivity contribution >= 4 is 11.7 Å². The Hall–Kier alpha value is -0.900. The summed E-state index contributed by atoms with van der Waals surface area (Å²) in [5.41, 5.74) is 4.90. The van der Waals surface area contributed by atoms with E-state index in [1.807, 2.05) is 0 Å². The van der Waals surface area contributed by atoms with Gasteiger partial charge in [0.25, 0.3) is 0 Å². The van der Waals surface area contributed by atoms with Gasteiger partial charge in [-0.3, -0.25) is 5.41 Å². The van der Waals surface area contributed by atoms with E-state index in [-0.39, 0.29) is 18.2 Å². The summed E-state index contributed by atoms with van der Waals surface area (Å²) in [6.45, 7) is 1.66. The molecule has 9 heavy (non-hydrogen) atoms. The van der Waals surface area contributed by atoms with E-state index < -0.39 is 5.97 Å². The summed E-state index contributed by atoms with van der Waals surface area (Å²) in [6.07, 6.45) is 0.134. The maximum atomic E-state index is 9.95. The molecular formula is C5H10N2O2. The molecule has 0 saturated heterocycles. The summed E-state index contributed by atoms with van der Waals surface area (Å²) < 4.78 is 0. The number of hydrogen-bond donors (Lipinski definition) is 3. The van der Waals surface area contributed by atoms with Gasteiger partial charge in [0.05, 0.1) is 0 Å². The third kappa shape index (κ3) is 3.66. The number of carbonyl (C=O) groups is 1. The summed E-state index contributed by atoms with van der Waals surface area (Å²) in [5.74, 6) is -1.19. The molecule has 0 heterocycles. The molecule has 0 spiro atoms. The Balaban J connectivity index is 3.65.